The first-order chi connectivity index (χ1) is 8.95. The molecule has 0 unspecified atom stereocenters. The summed E-state index contributed by atoms with van der Waals surface area (Å²) >= 11 is 1.75. The van der Waals surface area contributed by atoms with Crippen molar-refractivity contribution in [2.45, 2.75) is 44.8 Å². The molecule has 0 fully saturated rings. The molecular formula is C16H25NOS. The van der Waals surface area contributed by atoms with Gasteiger partial charge in [-0.15, -0.1) is 11.8 Å². The minimum Gasteiger partial charge on any atom is -0.339 e. The van der Waals surface area contributed by atoms with Gasteiger partial charge in [-0.1, -0.05) is 39.8 Å². The average Bonchev–Trinajstić information content (AvgIpc) is 2.35. The largest absolute Gasteiger partial charge is 0.339 e. The minimum absolute atomic E-state index is 0.153. The SMILES string of the molecule is CCN(CC(C)C)C(=O)c1ccccc1SC(C)C. The molecular weight excluding hydrogens is 254 g/mol. The second-order valence-corrected chi connectivity index (χ2v) is 7.02. The number of hydrogen-bond acceptors (Lipinski definition) is 2. The second-order valence-electron chi connectivity index (χ2n) is 5.40. The molecule has 0 bridgehead atoms. The van der Waals surface area contributed by atoms with Crippen LogP contribution < -0.4 is 0 Å². The maximum absolute atomic E-state index is 12.6. The Labute approximate surface area is 121 Å². The summed E-state index contributed by atoms with van der Waals surface area (Å²) in [6, 6.07) is 7.93. The van der Waals surface area contributed by atoms with Gasteiger partial charge in [-0.05, 0) is 25.0 Å². The van der Waals surface area contributed by atoms with E-state index >= 15 is 0 Å². The predicted octanol–water partition coefficient (Wildman–Crippen LogP) is 4.31. The fraction of sp³-hybridized carbons (Fsp3) is 0.562. The zero-order valence-corrected chi connectivity index (χ0v) is 13.5. The lowest BCUT2D eigenvalue weighted by Gasteiger charge is -2.24. The van der Waals surface area contributed by atoms with Crippen LogP contribution in [0.5, 0.6) is 0 Å². The number of benzene rings is 1. The van der Waals surface area contributed by atoms with Crippen molar-refractivity contribution in [2.24, 2.45) is 5.92 Å². The highest BCUT2D eigenvalue weighted by Crippen LogP contribution is 2.27. The van der Waals surface area contributed by atoms with Crippen molar-refractivity contribution in [3.05, 3.63) is 29.8 Å². The first-order valence-corrected chi connectivity index (χ1v) is 7.88. The topological polar surface area (TPSA) is 20.3 Å². The highest BCUT2D eigenvalue weighted by Gasteiger charge is 2.18. The van der Waals surface area contributed by atoms with Crippen LogP contribution in [0.1, 0.15) is 45.0 Å². The van der Waals surface area contributed by atoms with Crippen LogP contribution in [0.4, 0.5) is 0 Å². The standard InChI is InChI=1S/C16H25NOS/c1-6-17(11-12(2)3)16(18)14-9-7-8-10-15(14)19-13(4)5/h7-10,12-13H,6,11H2,1-5H3. The molecule has 0 atom stereocenters. The molecule has 2 nitrogen and oxygen atoms in total. The second kappa shape index (κ2) is 7.59. The fourth-order valence-corrected chi connectivity index (χ4v) is 2.91. The number of carbonyl (C=O) groups is 1. The van der Waals surface area contributed by atoms with E-state index in [2.05, 4.69) is 27.7 Å². The van der Waals surface area contributed by atoms with Crippen LogP contribution in [-0.2, 0) is 0 Å². The van der Waals surface area contributed by atoms with E-state index in [-0.39, 0.29) is 5.91 Å². The van der Waals surface area contributed by atoms with E-state index in [0.29, 0.717) is 11.2 Å². The molecule has 1 amide bonds. The highest BCUT2D eigenvalue weighted by atomic mass is 32.2. The first kappa shape index (κ1) is 16.1. The molecule has 1 aromatic rings. The van der Waals surface area contributed by atoms with Crippen LogP contribution in [0, 0.1) is 5.92 Å². The Morgan fingerprint density at radius 2 is 1.84 bits per heavy atom. The molecule has 0 aliphatic rings. The third kappa shape index (κ3) is 4.90. The van der Waals surface area contributed by atoms with Gasteiger partial charge in [0.25, 0.3) is 5.91 Å². The van der Waals surface area contributed by atoms with E-state index in [0.717, 1.165) is 23.5 Å². The Kier molecular flexibility index (Phi) is 6.43. The molecule has 0 aliphatic heterocycles. The van der Waals surface area contributed by atoms with Gasteiger partial charge in [-0.25, -0.2) is 0 Å². The average molecular weight is 279 g/mol. The number of nitrogens with zero attached hydrogens (tertiary/aromatic N) is 1. The molecule has 0 N–H and O–H groups in total. The number of hydrogen-bond donors (Lipinski definition) is 0. The van der Waals surface area contributed by atoms with Gasteiger partial charge in [0.2, 0.25) is 0 Å². The molecule has 106 valence electrons. The zero-order valence-electron chi connectivity index (χ0n) is 12.6. The van der Waals surface area contributed by atoms with E-state index in [1.54, 1.807) is 11.8 Å². The number of thioether (sulfide) groups is 1. The fourth-order valence-electron chi connectivity index (χ4n) is 1.97. The van der Waals surface area contributed by atoms with Crippen molar-refractivity contribution in [3.63, 3.8) is 0 Å². The van der Waals surface area contributed by atoms with Gasteiger partial charge in [0.15, 0.2) is 0 Å². The van der Waals surface area contributed by atoms with Crippen molar-refractivity contribution >= 4 is 17.7 Å². The normalized spacial score (nSPS) is 11.1. The van der Waals surface area contributed by atoms with E-state index in [1.807, 2.05) is 36.1 Å². The predicted molar refractivity (Wildman–Crippen MR) is 83.9 cm³/mol. The quantitative estimate of drug-likeness (QED) is 0.723. The smallest absolute Gasteiger partial charge is 0.254 e. The van der Waals surface area contributed by atoms with Gasteiger partial charge in [0.05, 0.1) is 5.56 Å². The molecule has 0 spiro atoms. The van der Waals surface area contributed by atoms with Crippen LogP contribution in [0.15, 0.2) is 29.2 Å². The van der Waals surface area contributed by atoms with E-state index < -0.39 is 0 Å². The first-order valence-electron chi connectivity index (χ1n) is 7.00. The Morgan fingerprint density at radius 1 is 1.21 bits per heavy atom. The van der Waals surface area contributed by atoms with Crippen molar-refractivity contribution in [1.29, 1.82) is 0 Å². The maximum Gasteiger partial charge on any atom is 0.254 e. The Morgan fingerprint density at radius 3 is 2.37 bits per heavy atom. The van der Waals surface area contributed by atoms with Crippen LogP contribution in [0.2, 0.25) is 0 Å². The summed E-state index contributed by atoms with van der Waals surface area (Å²) in [5.74, 6) is 0.647. The molecule has 0 aliphatic carbocycles. The molecule has 1 rings (SSSR count). The molecule has 0 radical (unpaired) electrons. The van der Waals surface area contributed by atoms with Gasteiger partial charge in [-0.3, -0.25) is 4.79 Å². The third-order valence-corrected chi connectivity index (χ3v) is 3.82. The van der Waals surface area contributed by atoms with Gasteiger partial charge in [0.1, 0.15) is 0 Å². The Bertz CT molecular complexity index is 415. The monoisotopic (exact) mass is 279 g/mol. The summed E-state index contributed by atoms with van der Waals surface area (Å²) < 4.78 is 0. The molecule has 0 saturated heterocycles. The number of amides is 1. The zero-order chi connectivity index (χ0) is 14.4. The lowest BCUT2D eigenvalue weighted by molar-refractivity contribution is 0.0742. The van der Waals surface area contributed by atoms with Crippen molar-refractivity contribution in [2.75, 3.05) is 13.1 Å². The van der Waals surface area contributed by atoms with Crippen molar-refractivity contribution in [1.82, 2.24) is 4.90 Å². The Balaban J connectivity index is 2.97. The molecule has 1 aromatic carbocycles. The van der Waals surface area contributed by atoms with Crippen molar-refractivity contribution < 1.29 is 4.79 Å². The number of carbonyl (C=O) groups excluding carboxylic acids is 1. The van der Waals surface area contributed by atoms with Crippen LogP contribution in [0.25, 0.3) is 0 Å². The lowest BCUT2D eigenvalue weighted by atomic mass is 10.1. The summed E-state index contributed by atoms with van der Waals surface area (Å²) in [6.07, 6.45) is 0. The molecule has 19 heavy (non-hydrogen) atoms. The minimum atomic E-state index is 0.153. The van der Waals surface area contributed by atoms with Gasteiger partial charge >= 0.3 is 0 Å². The summed E-state index contributed by atoms with van der Waals surface area (Å²) in [6.45, 7) is 12.2. The van der Waals surface area contributed by atoms with E-state index in [4.69, 9.17) is 0 Å². The molecule has 0 aromatic heterocycles. The van der Waals surface area contributed by atoms with Crippen LogP contribution in [0.3, 0.4) is 0 Å². The van der Waals surface area contributed by atoms with Gasteiger partial charge in [-0.2, -0.15) is 0 Å². The summed E-state index contributed by atoms with van der Waals surface area (Å²) in [4.78, 5) is 15.6. The summed E-state index contributed by atoms with van der Waals surface area (Å²) in [5.41, 5.74) is 0.837. The summed E-state index contributed by atoms with van der Waals surface area (Å²) in [5, 5.41) is 0.481. The lowest BCUT2D eigenvalue weighted by Crippen LogP contribution is -2.34. The maximum atomic E-state index is 12.6. The van der Waals surface area contributed by atoms with E-state index in [1.165, 1.54) is 0 Å². The number of rotatable bonds is 6. The van der Waals surface area contributed by atoms with Gasteiger partial charge in [0, 0.05) is 23.2 Å². The van der Waals surface area contributed by atoms with Gasteiger partial charge < -0.3 is 4.90 Å². The van der Waals surface area contributed by atoms with Crippen LogP contribution >= 0.6 is 11.8 Å². The molecule has 0 saturated carbocycles. The highest BCUT2D eigenvalue weighted by molar-refractivity contribution is 8.00. The molecule has 3 heteroatoms. The Hall–Kier alpha value is -0.960. The van der Waals surface area contributed by atoms with Crippen molar-refractivity contribution in [3.8, 4) is 0 Å². The molecule has 0 heterocycles. The van der Waals surface area contributed by atoms with E-state index in [9.17, 15) is 4.79 Å². The third-order valence-electron chi connectivity index (χ3n) is 2.73. The summed E-state index contributed by atoms with van der Waals surface area (Å²) in [7, 11) is 0. The van der Waals surface area contributed by atoms with Crippen LogP contribution in [-0.4, -0.2) is 29.1 Å².